The number of hydrogen-bond donors (Lipinski definition) is 0. The van der Waals surface area contributed by atoms with Crippen molar-refractivity contribution in [2.45, 2.75) is 25.7 Å². The fraction of sp³-hybridized carbons (Fsp3) is 0.533. The molecule has 7 nitrogen and oxygen atoms in total. The number of thiazole rings is 1. The van der Waals surface area contributed by atoms with Crippen LogP contribution in [0.5, 0.6) is 0 Å². The van der Waals surface area contributed by atoms with Crippen LogP contribution in [0.2, 0.25) is 0 Å². The minimum Gasteiger partial charge on any atom is -0.257 e. The van der Waals surface area contributed by atoms with Crippen molar-refractivity contribution in [3.05, 3.63) is 29.3 Å². The fourth-order valence-electron chi connectivity index (χ4n) is 2.90. The van der Waals surface area contributed by atoms with Gasteiger partial charge in [0.1, 0.15) is 5.69 Å². The summed E-state index contributed by atoms with van der Waals surface area (Å²) in [5.41, 5.74) is 1.82. The van der Waals surface area contributed by atoms with Crippen molar-refractivity contribution in [2.24, 2.45) is 0 Å². The summed E-state index contributed by atoms with van der Waals surface area (Å²) in [6.45, 7) is 2.97. The zero-order valence-corrected chi connectivity index (χ0v) is 15.6. The Labute approximate surface area is 146 Å². The van der Waals surface area contributed by atoms with Crippen molar-refractivity contribution in [3.8, 4) is 10.6 Å². The average Bonchev–Trinajstić information content (AvgIpc) is 3.01. The van der Waals surface area contributed by atoms with Crippen LogP contribution in [-0.4, -0.2) is 59.2 Å². The Morgan fingerprint density at radius 2 is 1.83 bits per heavy atom. The molecule has 1 fully saturated rings. The molecule has 3 heterocycles. The van der Waals surface area contributed by atoms with Crippen LogP contribution < -0.4 is 0 Å². The minimum atomic E-state index is -3.34. The zero-order valence-electron chi connectivity index (χ0n) is 14.0. The summed E-state index contributed by atoms with van der Waals surface area (Å²) in [5, 5.41) is 0.994. The van der Waals surface area contributed by atoms with E-state index in [0.717, 1.165) is 34.1 Å². The zero-order chi connectivity index (χ0) is 17.3. The van der Waals surface area contributed by atoms with Gasteiger partial charge in [-0.15, -0.1) is 11.3 Å². The third-order valence-electron chi connectivity index (χ3n) is 4.21. The molecule has 2 aromatic heterocycles. The first-order valence-corrected chi connectivity index (χ1v) is 10.0. The van der Waals surface area contributed by atoms with Gasteiger partial charge in [-0.2, -0.15) is 17.0 Å². The Balaban J connectivity index is 1.81. The van der Waals surface area contributed by atoms with Crippen molar-refractivity contribution < 1.29 is 8.42 Å². The lowest BCUT2D eigenvalue weighted by Gasteiger charge is -2.32. The topological polar surface area (TPSA) is 79.3 Å². The van der Waals surface area contributed by atoms with Gasteiger partial charge in [0.05, 0.1) is 15.6 Å². The first kappa shape index (κ1) is 17.4. The Kier molecular flexibility index (Phi) is 4.95. The van der Waals surface area contributed by atoms with Crippen LogP contribution in [0.1, 0.15) is 29.5 Å². The average molecular weight is 368 g/mol. The molecule has 1 aliphatic heterocycles. The molecular formula is C15H21N5O2S2. The van der Waals surface area contributed by atoms with E-state index in [1.165, 1.54) is 8.61 Å². The molecule has 130 valence electrons. The first-order valence-electron chi connectivity index (χ1n) is 7.81. The molecule has 0 aliphatic carbocycles. The van der Waals surface area contributed by atoms with Crippen LogP contribution in [0, 0.1) is 6.92 Å². The van der Waals surface area contributed by atoms with Crippen LogP contribution in [0.4, 0.5) is 0 Å². The van der Waals surface area contributed by atoms with E-state index in [-0.39, 0.29) is 5.92 Å². The summed E-state index contributed by atoms with van der Waals surface area (Å²) < 4.78 is 27.3. The maximum absolute atomic E-state index is 12.2. The van der Waals surface area contributed by atoms with Gasteiger partial charge in [0.25, 0.3) is 10.2 Å². The lowest BCUT2D eigenvalue weighted by molar-refractivity contribution is 0.300. The molecule has 0 atom stereocenters. The molecule has 0 aromatic carbocycles. The van der Waals surface area contributed by atoms with Crippen molar-refractivity contribution in [2.75, 3.05) is 27.2 Å². The second kappa shape index (κ2) is 6.83. The summed E-state index contributed by atoms with van der Waals surface area (Å²) in [5.74, 6) is 0.213. The highest BCUT2D eigenvalue weighted by Gasteiger charge is 2.31. The van der Waals surface area contributed by atoms with Crippen molar-refractivity contribution in [1.29, 1.82) is 0 Å². The van der Waals surface area contributed by atoms with Crippen LogP contribution in [-0.2, 0) is 10.2 Å². The highest BCUT2D eigenvalue weighted by molar-refractivity contribution is 7.86. The van der Waals surface area contributed by atoms with Gasteiger partial charge in [0.15, 0.2) is 0 Å². The van der Waals surface area contributed by atoms with E-state index in [1.807, 2.05) is 13.1 Å². The summed E-state index contributed by atoms with van der Waals surface area (Å²) >= 11 is 1.60. The molecule has 24 heavy (non-hydrogen) atoms. The van der Waals surface area contributed by atoms with Gasteiger partial charge in [0, 0.05) is 51.7 Å². The molecule has 1 saturated heterocycles. The quantitative estimate of drug-likeness (QED) is 0.824. The minimum absolute atomic E-state index is 0.213. The van der Waals surface area contributed by atoms with Crippen LogP contribution in [0.25, 0.3) is 10.6 Å². The number of nitrogens with zero attached hydrogens (tertiary/aromatic N) is 5. The maximum atomic E-state index is 12.2. The molecule has 0 radical (unpaired) electrons. The molecule has 1 aliphatic rings. The summed E-state index contributed by atoms with van der Waals surface area (Å²) in [6, 6.07) is 0. The monoisotopic (exact) mass is 367 g/mol. The normalized spacial score (nSPS) is 17.5. The van der Waals surface area contributed by atoms with Gasteiger partial charge < -0.3 is 0 Å². The molecular weight excluding hydrogens is 346 g/mol. The van der Waals surface area contributed by atoms with Gasteiger partial charge >= 0.3 is 0 Å². The van der Waals surface area contributed by atoms with Gasteiger partial charge in [0.2, 0.25) is 0 Å². The molecule has 3 rings (SSSR count). The predicted molar refractivity (Wildman–Crippen MR) is 94.0 cm³/mol. The Hall–Kier alpha value is -1.42. The predicted octanol–water partition coefficient (Wildman–Crippen LogP) is 1.89. The van der Waals surface area contributed by atoms with Crippen molar-refractivity contribution in [1.82, 2.24) is 23.6 Å². The fourth-order valence-corrected chi connectivity index (χ4v) is 4.82. The number of aryl methyl sites for hydroxylation is 1. The molecule has 9 heteroatoms. The Morgan fingerprint density at radius 1 is 1.17 bits per heavy atom. The molecule has 0 spiro atoms. The maximum Gasteiger partial charge on any atom is 0.281 e. The second-order valence-corrected chi connectivity index (χ2v) is 9.37. The van der Waals surface area contributed by atoms with Gasteiger partial charge in [-0.25, -0.2) is 4.98 Å². The highest BCUT2D eigenvalue weighted by atomic mass is 32.2. The van der Waals surface area contributed by atoms with Gasteiger partial charge in [-0.05, 0) is 19.8 Å². The lowest BCUT2D eigenvalue weighted by Crippen LogP contribution is -2.44. The van der Waals surface area contributed by atoms with E-state index >= 15 is 0 Å². The molecule has 0 saturated carbocycles. The standard InChI is InChI=1S/C15H21N5O2S2/c1-11-18-10-13(23-11)15-14(16-6-7-17-15)12-4-8-20(9-5-12)24(21,22)19(2)3/h6-7,10,12H,4-5,8-9H2,1-3H3. The van der Waals surface area contributed by atoms with E-state index in [2.05, 4.69) is 15.0 Å². The van der Waals surface area contributed by atoms with E-state index in [1.54, 1.807) is 37.8 Å². The van der Waals surface area contributed by atoms with E-state index < -0.39 is 10.2 Å². The first-order chi connectivity index (χ1) is 11.4. The summed E-state index contributed by atoms with van der Waals surface area (Å²) in [6.07, 6.45) is 6.72. The molecule has 0 N–H and O–H groups in total. The smallest absolute Gasteiger partial charge is 0.257 e. The number of piperidine rings is 1. The Morgan fingerprint density at radius 3 is 2.42 bits per heavy atom. The molecule has 2 aromatic rings. The van der Waals surface area contributed by atoms with Crippen LogP contribution >= 0.6 is 11.3 Å². The van der Waals surface area contributed by atoms with Gasteiger partial charge in [-0.1, -0.05) is 0 Å². The largest absolute Gasteiger partial charge is 0.281 e. The second-order valence-electron chi connectivity index (χ2n) is 6.00. The molecule has 0 amide bonds. The van der Waals surface area contributed by atoms with Crippen molar-refractivity contribution >= 4 is 21.5 Å². The van der Waals surface area contributed by atoms with Crippen LogP contribution in [0.3, 0.4) is 0 Å². The van der Waals surface area contributed by atoms with E-state index in [9.17, 15) is 8.42 Å². The molecule has 0 unspecified atom stereocenters. The molecule has 0 bridgehead atoms. The SMILES string of the molecule is Cc1ncc(-c2nccnc2C2CCN(S(=O)(=O)N(C)C)CC2)s1. The number of rotatable bonds is 4. The number of aromatic nitrogens is 3. The lowest BCUT2D eigenvalue weighted by atomic mass is 9.92. The Bertz CT molecular complexity index is 811. The highest BCUT2D eigenvalue weighted by Crippen LogP contribution is 2.35. The van der Waals surface area contributed by atoms with Crippen molar-refractivity contribution in [3.63, 3.8) is 0 Å². The third kappa shape index (κ3) is 3.34. The van der Waals surface area contributed by atoms with E-state index in [0.29, 0.717) is 13.1 Å². The third-order valence-corrected chi connectivity index (χ3v) is 7.07. The summed E-state index contributed by atoms with van der Waals surface area (Å²) in [4.78, 5) is 14.4. The number of hydrogen-bond acceptors (Lipinski definition) is 6. The summed E-state index contributed by atoms with van der Waals surface area (Å²) in [7, 11) is -0.214. The van der Waals surface area contributed by atoms with E-state index in [4.69, 9.17) is 0 Å². The van der Waals surface area contributed by atoms with Crippen LogP contribution in [0.15, 0.2) is 18.6 Å². The van der Waals surface area contributed by atoms with Gasteiger partial charge in [-0.3, -0.25) is 9.97 Å².